The van der Waals surface area contributed by atoms with Crippen LogP contribution in [0.5, 0.6) is 0 Å². The van der Waals surface area contributed by atoms with Gasteiger partial charge in [-0.05, 0) is 107 Å². The van der Waals surface area contributed by atoms with E-state index in [-0.39, 0.29) is 35.7 Å². The summed E-state index contributed by atoms with van der Waals surface area (Å²) in [6.45, 7) is 9.36. The molecule has 0 aliphatic carbocycles. The molecule has 6 aromatic rings. The van der Waals surface area contributed by atoms with Crippen molar-refractivity contribution in [2.45, 2.75) is 77.5 Å². The number of benzene rings is 4. The maximum atomic E-state index is 13.1. The maximum Gasteiger partial charge on any atom is 0.240 e. The summed E-state index contributed by atoms with van der Waals surface area (Å²) >= 11 is 0. The van der Waals surface area contributed by atoms with Gasteiger partial charge >= 0.3 is 0 Å². The third kappa shape index (κ3) is 6.13. The average Bonchev–Trinajstić information content (AvgIpc) is 3.97. The molecule has 2 fully saturated rings. The summed E-state index contributed by atoms with van der Waals surface area (Å²) < 4.78 is 0. The van der Waals surface area contributed by atoms with E-state index < -0.39 is 12.1 Å². The van der Waals surface area contributed by atoms with Gasteiger partial charge < -0.3 is 31.2 Å². The third-order valence-corrected chi connectivity index (χ3v) is 11.2. The number of hydrogen-bond acceptors (Lipinski definition) is 6. The van der Waals surface area contributed by atoms with Gasteiger partial charge in [0.15, 0.2) is 0 Å². The molecule has 2 aliphatic rings. The maximum absolute atomic E-state index is 13.1. The Bertz CT molecular complexity index is 2140. The Morgan fingerprint density at radius 3 is 1.40 bits per heavy atom. The first-order chi connectivity index (χ1) is 25.0. The number of aromatic amines is 2. The van der Waals surface area contributed by atoms with E-state index in [2.05, 4.69) is 82.8 Å². The van der Waals surface area contributed by atoms with Gasteiger partial charge in [0.1, 0.15) is 11.6 Å². The van der Waals surface area contributed by atoms with Crippen LogP contribution in [0.3, 0.4) is 0 Å². The van der Waals surface area contributed by atoms with Crippen molar-refractivity contribution in [2.24, 2.45) is 23.3 Å². The predicted molar refractivity (Wildman–Crippen MR) is 207 cm³/mol. The molecule has 0 spiro atoms. The fourth-order valence-electron chi connectivity index (χ4n) is 7.92. The summed E-state index contributed by atoms with van der Waals surface area (Å²) in [6.07, 6.45) is 3.64. The minimum atomic E-state index is -0.504. The van der Waals surface area contributed by atoms with Gasteiger partial charge in [-0.2, -0.15) is 0 Å². The van der Waals surface area contributed by atoms with Crippen LogP contribution >= 0.6 is 0 Å². The summed E-state index contributed by atoms with van der Waals surface area (Å²) in [6, 6.07) is 24.6. The molecular formula is C42H48N8O2. The number of nitrogens with one attached hydrogen (secondary N) is 2. The smallest absolute Gasteiger partial charge is 0.240 e. The normalized spacial score (nSPS) is 19.2. The van der Waals surface area contributed by atoms with E-state index in [0.29, 0.717) is 13.1 Å². The van der Waals surface area contributed by atoms with Crippen LogP contribution in [0.1, 0.15) is 77.1 Å². The van der Waals surface area contributed by atoms with Crippen LogP contribution in [0.4, 0.5) is 0 Å². The van der Waals surface area contributed by atoms with Crippen molar-refractivity contribution >= 4 is 44.7 Å². The lowest BCUT2D eigenvalue weighted by molar-refractivity contribution is -0.135. The number of aromatic nitrogens is 4. The summed E-state index contributed by atoms with van der Waals surface area (Å²) in [7, 11) is 0. The molecule has 2 saturated heterocycles. The number of carbonyl (C=O) groups excluding carboxylic acids is 2. The molecule has 0 unspecified atom stereocenters. The van der Waals surface area contributed by atoms with Crippen molar-refractivity contribution in [2.75, 3.05) is 13.1 Å². The number of hydrogen-bond donors (Lipinski definition) is 4. The van der Waals surface area contributed by atoms with Crippen LogP contribution < -0.4 is 11.5 Å². The van der Waals surface area contributed by atoms with Gasteiger partial charge in [0.25, 0.3) is 0 Å². The summed E-state index contributed by atoms with van der Waals surface area (Å²) in [5.41, 5.74) is 20.6. The molecular weight excluding hydrogens is 649 g/mol. The summed E-state index contributed by atoms with van der Waals surface area (Å²) in [4.78, 5) is 46.9. The van der Waals surface area contributed by atoms with Crippen molar-refractivity contribution < 1.29 is 9.59 Å². The Kier molecular flexibility index (Phi) is 8.83. The topological polar surface area (TPSA) is 150 Å². The van der Waals surface area contributed by atoms with E-state index in [1.807, 2.05) is 37.5 Å². The van der Waals surface area contributed by atoms with Crippen LogP contribution in [0.25, 0.3) is 55.1 Å². The van der Waals surface area contributed by atoms with Crippen molar-refractivity contribution in [3.8, 4) is 22.3 Å². The van der Waals surface area contributed by atoms with Crippen LogP contribution in [-0.4, -0.2) is 66.7 Å². The Balaban J connectivity index is 1.02. The molecule has 10 nitrogen and oxygen atoms in total. The van der Waals surface area contributed by atoms with E-state index >= 15 is 0 Å². The summed E-state index contributed by atoms with van der Waals surface area (Å²) in [5.74, 6) is 1.83. The second kappa shape index (κ2) is 13.5. The Hall–Kier alpha value is -5.06. The minimum absolute atomic E-state index is 0.00180. The average molecular weight is 697 g/mol. The number of imidazole rings is 2. The molecule has 0 bridgehead atoms. The highest BCUT2D eigenvalue weighted by molar-refractivity contribution is 5.93. The molecule has 10 heteroatoms. The van der Waals surface area contributed by atoms with E-state index in [1.54, 1.807) is 0 Å². The van der Waals surface area contributed by atoms with Crippen molar-refractivity contribution in [3.05, 3.63) is 84.4 Å². The number of H-pyrrole nitrogens is 2. The second-order valence-corrected chi connectivity index (χ2v) is 15.4. The van der Waals surface area contributed by atoms with Gasteiger partial charge in [-0.25, -0.2) is 9.97 Å². The largest absolute Gasteiger partial charge is 0.340 e. The highest BCUT2D eigenvalue weighted by Gasteiger charge is 2.36. The number of nitrogens with two attached hydrogens (primary N) is 2. The predicted octanol–water partition coefficient (Wildman–Crippen LogP) is 7.22. The molecule has 2 aliphatic heterocycles. The van der Waals surface area contributed by atoms with E-state index in [4.69, 9.17) is 21.4 Å². The van der Waals surface area contributed by atoms with Crippen LogP contribution in [0.2, 0.25) is 0 Å². The van der Waals surface area contributed by atoms with E-state index in [0.717, 1.165) is 92.4 Å². The quantitative estimate of drug-likeness (QED) is 0.132. The van der Waals surface area contributed by atoms with Crippen molar-refractivity contribution in [3.63, 3.8) is 0 Å². The molecule has 4 aromatic carbocycles. The Labute approximate surface area is 304 Å². The minimum Gasteiger partial charge on any atom is -0.340 e. The second-order valence-electron chi connectivity index (χ2n) is 15.4. The van der Waals surface area contributed by atoms with Crippen LogP contribution in [0, 0.1) is 11.8 Å². The first kappa shape index (κ1) is 34.0. The molecule has 8 rings (SSSR count). The molecule has 52 heavy (non-hydrogen) atoms. The first-order valence-electron chi connectivity index (χ1n) is 18.7. The molecule has 4 heterocycles. The van der Waals surface area contributed by atoms with Gasteiger partial charge in [-0.15, -0.1) is 0 Å². The van der Waals surface area contributed by atoms with Crippen LogP contribution in [-0.2, 0) is 9.59 Å². The van der Waals surface area contributed by atoms with Crippen molar-refractivity contribution in [1.29, 1.82) is 0 Å². The lowest BCUT2D eigenvalue weighted by Gasteiger charge is -2.27. The molecule has 268 valence electrons. The summed E-state index contributed by atoms with van der Waals surface area (Å²) in [5, 5.41) is 2.31. The van der Waals surface area contributed by atoms with Gasteiger partial charge in [0.2, 0.25) is 11.8 Å². The lowest BCUT2D eigenvalue weighted by Crippen LogP contribution is -2.46. The number of fused-ring (bicyclic) bond motifs is 3. The van der Waals surface area contributed by atoms with Gasteiger partial charge in [0.05, 0.1) is 46.2 Å². The molecule has 6 N–H and O–H groups in total. The molecule has 2 aromatic heterocycles. The standard InChI is InChI=1S/C42H48N8O2/c1-23(2)37(43)41(51)49-17-5-7-35(49)39-45-31-15-13-29(21-33(31)47-39)27-11-9-26-20-28(12-10-25(26)19-27)30-14-16-32-34(22-30)48-40(46-32)36-8-6-18-50(36)42(52)38(44)24(3)4/h9-16,19-24,35-38H,5-8,17-18,43-44H2,1-4H3,(H,45,47)(H,46,48)/t35-,36-,37-,38-/m0/s1. The lowest BCUT2D eigenvalue weighted by atomic mass is 9.97. The van der Waals surface area contributed by atoms with E-state index in [1.165, 1.54) is 0 Å². The third-order valence-electron chi connectivity index (χ3n) is 11.2. The zero-order valence-electron chi connectivity index (χ0n) is 30.4. The SMILES string of the molecule is CC(C)[C@H](N)C(=O)N1CCC[C@H]1c1nc2ccc(-c3ccc4cc(-c5ccc6nc([C@@H]7CCCN7C(=O)[C@@H](N)C(C)C)[nH]c6c5)ccc4c3)cc2[nH]1. The number of likely N-dealkylation sites (tertiary alicyclic amines) is 2. The monoisotopic (exact) mass is 696 g/mol. The number of amides is 2. The zero-order chi connectivity index (χ0) is 36.3. The van der Waals surface area contributed by atoms with Gasteiger partial charge in [0, 0.05) is 13.1 Å². The van der Waals surface area contributed by atoms with Crippen LogP contribution in [0.15, 0.2) is 72.8 Å². The highest BCUT2D eigenvalue weighted by Crippen LogP contribution is 2.36. The fourth-order valence-corrected chi connectivity index (χ4v) is 7.92. The molecule has 4 atom stereocenters. The first-order valence-corrected chi connectivity index (χ1v) is 18.7. The molecule has 0 saturated carbocycles. The Morgan fingerprint density at radius 1 is 0.615 bits per heavy atom. The number of carbonyl (C=O) groups is 2. The van der Waals surface area contributed by atoms with Gasteiger partial charge in [-0.3, -0.25) is 9.59 Å². The van der Waals surface area contributed by atoms with Crippen molar-refractivity contribution in [1.82, 2.24) is 29.7 Å². The number of nitrogens with zero attached hydrogens (tertiary/aromatic N) is 4. The van der Waals surface area contributed by atoms with Gasteiger partial charge in [-0.1, -0.05) is 64.1 Å². The van der Waals surface area contributed by atoms with E-state index in [9.17, 15) is 9.59 Å². The fraction of sp³-hybridized carbons (Fsp3) is 0.381. The Morgan fingerprint density at radius 2 is 1.00 bits per heavy atom. The molecule has 2 amide bonds. The zero-order valence-corrected chi connectivity index (χ0v) is 30.4. The highest BCUT2D eigenvalue weighted by atomic mass is 16.2. The molecule has 0 radical (unpaired) electrons. The number of rotatable bonds is 8.